The number of methoxy groups -OCH3 is 1. The molecular formula is C28H38N2O3. The van der Waals surface area contributed by atoms with Gasteiger partial charge in [0.05, 0.1) is 30.8 Å². The second-order valence-corrected chi connectivity index (χ2v) is 9.00. The van der Waals surface area contributed by atoms with Crippen molar-refractivity contribution < 1.29 is 14.3 Å². The van der Waals surface area contributed by atoms with E-state index in [9.17, 15) is 10.1 Å². The third-order valence-electron chi connectivity index (χ3n) is 6.46. The van der Waals surface area contributed by atoms with Crippen molar-refractivity contribution in [2.45, 2.75) is 52.4 Å². The van der Waals surface area contributed by atoms with Gasteiger partial charge in [-0.15, -0.1) is 0 Å². The summed E-state index contributed by atoms with van der Waals surface area (Å²) in [6.45, 7) is 10.2. The molecule has 0 saturated heterocycles. The Balaban J connectivity index is 1.99. The molecule has 0 radical (unpaired) electrons. The zero-order chi connectivity index (χ0) is 24.4. The van der Waals surface area contributed by atoms with Gasteiger partial charge in [0, 0.05) is 6.54 Å². The minimum absolute atomic E-state index is 0.154. The predicted molar refractivity (Wildman–Crippen MR) is 133 cm³/mol. The molecule has 0 heterocycles. The fraction of sp³-hybridized carbons (Fsp3) is 0.500. The molecule has 5 nitrogen and oxygen atoms in total. The Hall–Kier alpha value is -2.84. The van der Waals surface area contributed by atoms with Gasteiger partial charge in [0.25, 0.3) is 0 Å². The van der Waals surface area contributed by atoms with Crippen LogP contribution in [0, 0.1) is 24.2 Å². The number of benzene rings is 2. The van der Waals surface area contributed by atoms with E-state index in [4.69, 9.17) is 9.47 Å². The standard InChI is InChI=1S/C28H38N2O3/c1-7-33-27(31)24-11-13-25(14-12-24)28(20-29,21(2)3)16-8-17-30(5)18-15-23-10-9-22(4)26(19-23)32-6/h9-14,19,21H,7-8,15-18H2,1-6H3. The van der Waals surface area contributed by atoms with E-state index in [1.54, 1.807) is 26.2 Å². The number of carbonyl (C=O) groups excluding carboxylic acids is 1. The lowest BCUT2D eigenvalue weighted by atomic mass is 9.69. The molecule has 0 aliphatic rings. The van der Waals surface area contributed by atoms with Gasteiger partial charge in [0.1, 0.15) is 5.75 Å². The third kappa shape index (κ3) is 6.82. The summed E-state index contributed by atoms with van der Waals surface area (Å²) in [5.41, 5.74) is 3.30. The molecular weight excluding hydrogens is 412 g/mol. The van der Waals surface area contributed by atoms with Crippen LogP contribution in [0.1, 0.15) is 60.7 Å². The minimum Gasteiger partial charge on any atom is -0.496 e. The van der Waals surface area contributed by atoms with E-state index in [2.05, 4.69) is 57.0 Å². The molecule has 178 valence electrons. The SMILES string of the molecule is CCOC(=O)c1ccc(C(C#N)(CCCN(C)CCc2ccc(C)c(OC)c2)C(C)C)cc1. The van der Waals surface area contributed by atoms with Crippen molar-refractivity contribution in [2.75, 3.05) is 33.9 Å². The van der Waals surface area contributed by atoms with Crippen LogP contribution in [0.15, 0.2) is 42.5 Å². The number of aryl methyl sites for hydroxylation is 1. The Morgan fingerprint density at radius 2 is 1.85 bits per heavy atom. The highest BCUT2D eigenvalue weighted by Gasteiger charge is 2.35. The van der Waals surface area contributed by atoms with Gasteiger partial charge < -0.3 is 14.4 Å². The number of likely N-dealkylation sites (N-methyl/N-ethyl adjacent to an activating group) is 1. The lowest BCUT2D eigenvalue weighted by Crippen LogP contribution is -2.32. The van der Waals surface area contributed by atoms with Gasteiger partial charge in [-0.25, -0.2) is 4.79 Å². The fourth-order valence-electron chi connectivity index (χ4n) is 4.21. The smallest absolute Gasteiger partial charge is 0.338 e. The van der Waals surface area contributed by atoms with Gasteiger partial charge in [0.15, 0.2) is 0 Å². The first kappa shape index (κ1) is 26.4. The average Bonchev–Trinajstić information content (AvgIpc) is 2.81. The van der Waals surface area contributed by atoms with Gasteiger partial charge in [-0.05, 0) is 87.5 Å². The Bertz CT molecular complexity index is 947. The van der Waals surface area contributed by atoms with Gasteiger partial charge in [0.2, 0.25) is 0 Å². The molecule has 5 heteroatoms. The van der Waals surface area contributed by atoms with E-state index in [0.29, 0.717) is 12.2 Å². The number of hydrogen-bond donors (Lipinski definition) is 0. The summed E-state index contributed by atoms with van der Waals surface area (Å²) in [7, 11) is 3.84. The lowest BCUT2D eigenvalue weighted by Gasteiger charge is -2.32. The summed E-state index contributed by atoms with van der Waals surface area (Å²) in [4.78, 5) is 14.3. The van der Waals surface area contributed by atoms with Gasteiger partial charge in [-0.3, -0.25) is 0 Å². The summed E-state index contributed by atoms with van der Waals surface area (Å²) < 4.78 is 10.5. The van der Waals surface area contributed by atoms with Crippen LogP contribution in [0.2, 0.25) is 0 Å². The number of hydrogen-bond acceptors (Lipinski definition) is 5. The van der Waals surface area contributed by atoms with E-state index >= 15 is 0 Å². The maximum absolute atomic E-state index is 12.0. The Kier molecular flexibility index (Phi) is 9.94. The number of carbonyl (C=O) groups is 1. The Morgan fingerprint density at radius 3 is 2.42 bits per heavy atom. The molecule has 2 aromatic rings. The van der Waals surface area contributed by atoms with Gasteiger partial charge in [-0.1, -0.05) is 38.1 Å². The normalized spacial score (nSPS) is 12.9. The molecule has 0 aromatic heterocycles. The lowest BCUT2D eigenvalue weighted by molar-refractivity contribution is 0.0526. The first-order valence-electron chi connectivity index (χ1n) is 11.8. The topological polar surface area (TPSA) is 62.6 Å². The molecule has 0 aliphatic heterocycles. The molecule has 2 aromatic carbocycles. The molecule has 0 amide bonds. The molecule has 2 rings (SSSR count). The zero-order valence-corrected chi connectivity index (χ0v) is 21.0. The summed E-state index contributed by atoms with van der Waals surface area (Å²) in [5, 5.41) is 10.2. The second kappa shape index (κ2) is 12.4. The van der Waals surface area contributed by atoms with Crippen molar-refractivity contribution in [3.8, 4) is 11.8 Å². The van der Waals surface area contributed by atoms with Crippen molar-refractivity contribution in [1.29, 1.82) is 5.26 Å². The van der Waals surface area contributed by atoms with Crippen LogP contribution >= 0.6 is 0 Å². The number of rotatable bonds is 12. The van der Waals surface area contributed by atoms with Crippen LogP contribution in [-0.4, -0.2) is 44.7 Å². The van der Waals surface area contributed by atoms with Crippen molar-refractivity contribution in [3.63, 3.8) is 0 Å². The van der Waals surface area contributed by atoms with E-state index in [1.165, 1.54) is 5.56 Å². The summed E-state index contributed by atoms with van der Waals surface area (Å²) in [5.74, 6) is 0.755. The maximum atomic E-state index is 12.0. The number of ether oxygens (including phenoxy) is 2. The summed E-state index contributed by atoms with van der Waals surface area (Å²) in [6.07, 6.45) is 2.64. The van der Waals surface area contributed by atoms with Crippen LogP contribution in [-0.2, 0) is 16.6 Å². The summed E-state index contributed by atoms with van der Waals surface area (Å²) >= 11 is 0. The molecule has 0 fully saturated rings. The van der Waals surface area contributed by atoms with Crippen LogP contribution in [0.3, 0.4) is 0 Å². The molecule has 0 spiro atoms. The van der Waals surface area contributed by atoms with Crippen LogP contribution < -0.4 is 4.74 Å². The quantitative estimate of drug-likeness (QED) is 0.397. The van der Waals surface area contributed by atoms with Crippen molar-refractivity contribution in [2.24, 2.45) is 5.92 Å². The van der Waals surface area contributed by atoms with Gasteiger partial charge >= 0.3 is 5.97 Å². The maximum Gasteiger partial charge on any atom is 0.338 e. The molecule has 33 heavy (non-hydrogen) atoms. The molecule has 0 bridgehead atoms. The molecule has 0 saturated carbocycles. The first-order valence-corrected chi connectivity index (χ1v) is 11.8. The van der Waals surface area contributed by atoms with E-state index < -0.39 is 5.41 Å². The van der Waals surface area contributed by atoms with Crippen molar-refractivity contribution in [3.05, 3.63) is 64.7 Å². The monoisotopic (exact) mass is 450 g/mol. The van der Waals surface area contributed by atoms with E-state index in [1.807, 2.05) is 12.1 Å². The van der Waals surface area contributed by atoms with Crippen LogP contribution in [0.4, 0.5) is 0 Å². The molecule has 0 aliphatic carbocycles. The number of nitriles is 1. The van der Waals surface area contributed by atoms with Crippen molar-refractivity contribution in [1.82, 2.24) is 4.90 Å². The first-order chi connectivity index (χ1) is 15.8. The van der Waals surface area contributed by atoms with E-state index in [0.717, 1.165) is 49.2 Å². The number of esters is 1. The van der Waals surface area contributed by atoms with E-state index in [-0.39, 0.29) is 11.9 Å². The van der Waals surface area contributed by atoms with Crippen molar-refractivity contribution >= 4 is 5.97 Å². The Morgan fingerprint density at radius 1 is 1.15 bits per heavy atom. The zero-order valence-electron chi connectivity index (χ0n) is 21.0. The highest BCUT2D eigenvalue weighted by atomic mass is 16.5. The Labute approximate surface area is 199 Å². The average molecular weight is 451 g/mol. The molecule has 0 N–H and O–H groups in total. The highest BCUT2D eigenvalue weighted by Crippen LogP contribution is 2.36. The van der Waals surface area contributed by atoms with Crippen LogP contribution in [0.5, 0.6) is 5.75 Å². The summed E-state index contributed by atoms with van der Waals surface area (Å²) in [6, 6.07) is 16.3. The number of nitrogens with zero attached hydrogens (tertiary/aromatic N) is 2. The fourth-order valence-corrected chi connectivity index (χ4v) is 4.21. The third-order valence-corrected chi connectivity index (χ3v) is 6.46. The largest absolute Gasteiger partial charge is 0.496 e. The molecule has 1 atom stereocenters. The highest BCUT2D eigenvalue weighted by molar-refractivity contribution is 5.89. The van der Waals surface area contributed by atoms with Crippen LogP contribution in [0.25, 0.3) is 0 Å². The van der Waals surface area contributed by atoms with Gasteiger partial charge in [-0.2, -0.15) is 5.26 Å². The second-order valence-electron chi connectivity index (χ2n) is 9.00. The minimum atomic E-state index is -0.585. The predicted octanol–water partition coefficient (Wildman–Crippen LogP) is 5.55. The molecule has 1 unspecified atom stereocenters.